The van der Waals surface area contributed by atoms with Crippen LogP contribution in [0.2, 0.25) is 0 Å². The van der Waals surface area contributed by atoms with E-state index in [0.29, 0.717) is 29.3 Å². The van der Waals surface area contributed by atoms with Gasteiger partial charge in [0.25, 0.3) is 11.8 Å². The molecule has 3 fully saturated rings. The number of fused-ring (bicyclic) bond motifs is 1. The maximum Gasteiger partial charge on any atom is 0.262 e. The summed E-state index contributed by atoms with van der Waals surface area (Å²) in [6.45, 7) is 4.69. The summed E-state index contributed by atoms with van der Waals surface area (Å²) in [7, 11) is 2.06. The van der Waals surface area contributed by atoms with E-state index in [4.69, 9.17) is 4.74 Å². The minimum absolute atomic E-state index is 0.113. The molecular weight excluding hydrogens is 436 g/mol. The molecule has 3 atom stereocenters. The van der Waals surface area contributed by atoms with Crippen molar-refractivity contribution in [3.8, 4) is 0 Å². The lowest BCUT2D eigenvalue weighted by molar-refractivity contribution is -0.136. The number of anilines is 1. The molecule has 0 aromatic heterocycles. The van der Waals surface area contributed by atoms with E-state index in [1.165, 1.54) is 12.8 Å². The van der Waals surface area contributed by atoms with Gasteiger partial charge in [0.15, 0.2) is 0 Å². The number of ether oxygens (including phenoxy) is 1. The highest BCUT2D eigenvalue weighted by molar-refractivity contribution is 6.23. The predicted octanol–water partition coefficient (Wildman–Crippen LogP) is 1.56. The highest BCUT2D eigenvalue weighted by Gasteiger charge is 2.45. The molecule has 9 heteroatoms. The topological polar surface area (TPSA) is 99.3 Å². The highest BCUT2D eigenvalue weighted by Crippen LogP contribution is 2.35. The van der Waals surface area contributed by atoms with E-state index in [-0.39, 0.29) is 18.7 Å². The summed E-state index contributed by atoms with van der Waals surface area (Å²) in [4.78, 5) is 55.8. The molecular formula is C25H32N4O5. The number of hydrogen-bond acceptors (Lipinski definition) is 7. The molecule has 9 nitrogen and oxygen atoms in total. The van der Waals surface area contributed by atoms with Crippen LogP contribution in [0.4, 0.5) is 5.69 Å². The molecule has 4 aliphatic rings. The molecule has 4 amide bonds. The number of imide groups is 2. The zero-order chi connectivity index (χ0) is 24.0. The maximum absolute atomic E-state index is 13.2. The van der Waals surface area contributed by atoms with Crippen molar-refractivity contribution < 1.29 is 23.9 Å². The molecule has 1 N–H and O–H groups in total. The second-order valence-electron chi connectivity index (χ2n) is 9.74. The second-order valence-corrected chi connectivity index (χ2v) is 9.74. The Morgan fingerprint density at radius 3 is 2.50 bits per heavy atom. The predicted molar refractivity (Wildman–Crippen MR) is 125 cm³/mol. The largest absolute Gasteiger partial charge is 0.376 e. The molecule has 3 heterocycles. The maximum atomic E-state index is 13.2. The number of benzene rings is 1. The molecule has 0 bridgehead atoms. The Morgan fingerprint density at radius 1 is 1.03 bits per heavy atom. The molecule has 0 spiro atoms. The van der Waals surface area contributed by atoms with Gasteiger partial charge in [-0.05, 0) is 44.4 Å². The van der Waals surface area contributed by atoms with Gasteiger partial charge in [-0.1, -0.05) is 12.8 Å². The lowest BCUT2D eigenvalue weighted by Crippen LogP contribution is -2.62. The zero-order valence-electron chi connectivity index (χ0n) is 19.8. The van der Waals surface area contributed by atoms with Gasteiger partial charge in [-0.2, -0.15) is 0 Å². The standard InChI is InChI=1S/C25H32N4O5/c1-3-34-16-13-28(14-16)20-7-5-4-6-19(20)27(2)15-8-9-17-18(12-15)25(33)29(24(17)32)21-10-11-22(30)26-23(21)31/h8-9,12,16,19-21H,3-7,10-11,13-14H2,1-2H3,(H,26,30,31)/t19-,20+,21?/m0/s1. The van der Waals surface area contributed by atoms with Crippen LogP contribution in [-0.2, 0) is 14.3 Å². The van der Waals surface area contributed by atoms with Gasteiger partial charge in [-0.25, -0.2) is 0 Å². The second kappa shape index (κ2) is 9.11. The Morgan fingerprint density at radius 2 is 1.76 bits per heavy atom. The number of rotatable bonds is 6. The van der Waals surface area contributed by atoms with Crippen molar-refractivity contribution in [1.29, 1.82) is 0 Å². The molecule has 1 aromatic rings. The van der Waals surface area contributed by atoms with E-state index >= 15 is 0 Å². The van der Waals surface area contributed by atoms with Crippen molar-refractivity contribution in [2.24, 2.45) is 0 Å². The van der Waals surface area contributed by atoms with E-state index < -0.39 is 23.8 Å². The van der Waals surface area contributed by atoms with Gasteiger partial charge in [0, 0.05) is 50.9 Å². The fourth-order valence-electron chi connectivity index (χ4n) is 5.92. The van der Waals surface area contributed by atoms with Gasteiger partial charge < -0.3 is 9.64 Å². The fourth-order valence-corrected chi connectivity index (χ4v) is 5.92. The van der Waals surface area contributed by atoms with Crippen LogP contribution in [-0.4, -0.2) is 84.4 Å². The lowest BCUT2D eigenvalue weighted by atomic mass is 9.86. The SMILES string of the molecule is CCOC1CN([C@@H]2CCCC[C@@H]2N(C)c2ccc3c(c2)C(=O)N(C2CCC(=O)NC2=O)C3=O)C1. The summed E-state index contributed by atoms with van der Waals surface area (Å²) >= 11 is 0. The van der Waals surface area contributed by atoms with Gasteiger partial charge in [0.1, 0.15) is 6.04 Å². The monoisotopic (exact) mass is 468 g/mol. The molecule has 0 radical (unpaired) electrons. The minimum atomic E-state index is -0.946. The Kier molecular flexibility index (Phi) is 6.16. The van der Waals surface area contributed by atoms with Crippen molar-refractivity contribution in [2.75, 3.05) is 31.6 Å². The average Bonchev–Trinajstić information content (AvgIpc) is 3.05. The first-order chi connectivity index (χ1) is 16.4. The Labute approximate surface area is 199 Å². The first kappa shape index (κ1) is 23.0. The van der Waals surface area contributed by atoms with E-state index in [0.717, 1.165) is 43.1 Å². The summed E-state index contributed by atoms with van der Waals surface area (Å²) in [5, 5.41) is 2.24. The van der Waals surface area contributed by atoms with Crippen molar-refractivity contribution >= 4 is 29.3 Å². The van der Waals surface area contributed by atoms with Crippen LogP contribution in [0.3, 0.4) is 0 Å². The number of likely N-dealkylation sites (tertiary alicyclic amines) is 1. The summed E-state index contributed by atoms with van der Waals surface area (Å²) in [6.07, 6.45) is 5.18. The highest BCUT2D eigenvalue weighted by atomic mass is 16.5. The van der Waals surface area contributed by atoms with Crippen LogP contribution in [0.1, 0.15) is 66.2 Å². The first-order valence-corrected chi connectivity index (χ1v) is 12.3. The van der Waals surface area contributed by atoms with E-state index in [1.54, 1.807) is 12.1 Å². The third-order valence-electron chi connectivity index (χ3n) is 7.77. The van der Waals surface area contributed by atoms with Crippen molar-refractivity contribution in [3.63, 3.8) is 0 Å². The fraction of sp³-hybridized carbons (Fsp3) is 0.600. The van der Waals surface area contributed by atoms with Gasteiger partial charge in [0.2, 0.25) is 11.8 Å². The van der Waals surface area contributed by atoms with Gasteiger partial charge in [-0.3, -0.25) is 34.3 Å². The average molecular weight is 469 g/mol. The summed E-state index contributed by atoms with van der Waals surface area (Å²) in [6, 6.07) is 5.17. The number of hydrogen-bond donors (Lipinski definition) is 1. The summed E-state index contributed by atoms with van der Waals surface area (Å²) in [5.41, 5.74) is 1.53. The van der Waals surface area contributed by atoms with Crippen LogP contribution in [0.15, 0.2) is 18.2 Å². The molecule has 1 aliphatic carbocycles. The molecule has 2 saturated heterocycles. The van der Waals surface area contributed by atoms with Crippen molar-refractivity contribution in [2.45, 2.75) is 69.7 Å². The first-order valence-electron chi connectivity index (χ1n) is 12.3. The Hall–Kier alpha value is -2.78. The summed E-state index contributed by atoms with van der Waals surface area (Å²) in [5.74, 6) is -1.90. The third-order valence-corrected chi connectivity index (χ3v) is 7.77. The molecule has 182 valence electrons. The van der Waals surface area contributed by atoms with Gasteiger partial charge in [-0.15, -0.1) is 0 Å². The normalized spacial score (nSPS) is 28.1. The number of carbonyl (C=O) groups is 4. The molecule has 1 saturated carbocycles. The number of nitrogens with zero attached hydrogens (tertiary/aromatic N) is 3. The molecule has 1 aromatic carbocycles. The smallest absolute Gasteiger partial charge is 0.262 e. The van der Waals surface area contributed by atoms with Crippen LogP contribution in [0, 0.1) is 0 Å². The third kappa shape index (κ3) is 3.90. The molecule has 3 aliphatic heterocycles. The number of carbonyl (C=O) groups excluding carboxylic acids is 4. The van der Waals surface area contributed by atoms with Crippen LogP contribution >= 0.6 is 0 Å². The van der Waals surface area contributed by atoms with E-state index in [2.05, 4.69) is 22.2 Å². The quantitative estimate of drug-likeness (QED) is 0.633. The molecule has 5 rings (SSSR count). The number of nitrogens with one attached hydrogen (secondary N) is 1. The van der Waals surface area contributed by atoms with Crippen LogP contribution < -0.4 is 10.2 Å². The van der Waals surface area contributed by atoms with E-state index in [1.807, 2.05) is 13.0 Å². The number of piperidine rings is 1. The number of likely N-dealkylation sites (N-methyl/N-ethyl adjacent to an activating group) is 1. The molecule has 1 unspecified atom stereocenters. The van der Waals surface area contributed by atoms with Crippen molar-refractivity contribution in [3.05, 3.63) is 29.3 Å². The minimum Gasteiger partial charge on any atom is -0.376 e. The van der Waals surface area contributed by atoms with Gasteiger partial charge in [0.05, 0.1) is 17.2 Å². The lowest BCUT2D eigenvalue weighted by Gasteiger charge is -2.50. The Balaban J connectivity index is 1.34. The van der Waals surface area contributed by atoms with Crippen LogP contribution in [0.5, 0.6) is 0 Å². The van der Waals surface area contributed by atoms with Gasteiger partial charge >= 0.3 is 0 Å². The number of amides is 4. The Bertz CT molecular complexity index is 1020. The van der Waals surface area contributed by atoms with E-state index in [9.17, 15) is 19.2 Å². The summed E-state index contributed by atoms with van der Waals surface area (Å²) < 4.78 is 5.75. The van der Waals surface area contributed by atoms with Crippen LogP contribution in [0.25, 0.3) is 0 Å². The van der Waals surface area contributed by atoms with Crippen molar-refractivity contribution in [1.82, 2.24) is 15.1 Å². The zero-order valence-corrected chi connectivity index (χ0v) is 19.8. The molecule has 34 heavy (non-hydrogen) atoms.